The normalized spacial score (nSPS) is 10.6. The minimum Gasteiger partial charge on any atom is -0.482 e. The lowest BCUT2D eigenvalue weighted by Crippen LogP contribution is -1.99. The molecule has 68 valence electrons. The number of rotatable bonds is 1. The number of aromatic nitrogens is 2. The molecule has 0 amide bonds. The fourth-order valence-corrected chi connectivity index (χ4v) is 1.42. The number of nitrogens with two attached hydrogens (primary N) is 1. The lowest BCUT2D eigenvalue weighted by atomic mass is 10.3. The third-order valence-corrected chi connectivity index (χ3v) is 2.03. The molecule has 0 atom stereocenters. The van der Waals surface area contributed by atoms with Crippen LogP contribution in [0.25, 0.3) is 5.65 Å². The van der Waals surface area contributed by atoms with Crippen molar-refractivity contribution in [3.8, 4) is 5.88 Å². The smallest absolute Gasteiger partial charge is 0.203 e. The molecule has 0 spiro atoms. The Bertz CT molecular complexity index is 447. The molecule has 0 aliphatic rings. The van der Waals surface area contributed by atoms with Gasteiger partial charge in [-0.05, 0) is 13.0 Å². The van der Waals surface area contributed by atoms with E-state index in [0.717, 1.165) is 17.1 Å². The molecule has 0 fully saturated rings. The molecule has 13 heavy (non-hydrogen) atoms. The van der Waals surface area contributed by atoms with Crippen molar-refractivity contribution in [3.05, 3.63) is 23.9 Å². The summed E-state index contributed by atoms with van der Waals surface area (Å²) in [5.41, 5.74) is 7.59. The number of nitrogens with zero attached hydrogens (tertiary/aromatic N) is 2. The SMILES string of the molecule is COc1c(C)ccc2ncc(N)n12. The predicted octanol–water partition coefficient (Wildman–Crippen LogP) is 1.23. The summed E-state index contributed by atoms with van der Waals surface area (Å²) in [4.78, 5) is 4.13. The summed E-state index contributed by atoms with van der Waals surface area (Å²) in [7, 11) is 1.63. The second kappa shape index (κ2) is 2.65. The quantitative estimate of drug-likeness (QED) is 0.712. The first-order valence-electron chi connectivity index (χ1n) is 4.00. The maximum Gasteiger partial charge on any atom is 0.203 e. The van der Waals surface area contributed by atoms with Crippen LogP contribution in [0, 0.1) is 6.92 Å². The first kappa shape index (κ1) is 7.91. The van der Waals surface area contributed by atoms with Gasteiger partial charge in [-0.1, -0.05) is 6.07 Å². The molecule has 0 bridgehead atoms. The zero-order valence-corrected chi connectivity index (χ0v) is 7.61. The Balaban J connectivity index is 2.88. The van der Waals surface area contributed by atoms with Crippen LogP contribution in [0.1, 0.15) is 5.56 Å². The van der Waals surface area contributed by atoms with Crippen LogP contribution in [0.15, 0.2) is 18.3 Å². The van der Waals surface area contributed by atoms with Gasteiger partial charge in [-0.2, -0.15) is 0 Å². The molecule has 0 unspecified atom stereocenters. The Morgan fingerprint density at radius 3 is 2.92 bits per heavy atom. The van der Waals surface area contributed by atoms with Gasteiger partial charge in [0.15, 0.2) is 0 Å². The van der Waals surface area contributed by atoms with Crippen LogP contribution in [0.4, 0.5) is 5.82 Å². The number of ether oxygens (including phenoxy) is 1. The minimum atomic E-state index is 0.593. The highest BCUT2D eigenvalue weighted by Gasteiger charge is 2.07. The number of anilines is 1. The van der Waals surface area contributed by atoms with E-state index in [1.165, 1.54) is 0 Å². The zero-order valence-electron chi connectivity index (χ0n) is 7.61. The molecule has 2 heterocycles. The predicted molar refractivity (Wildman–Crippen MR) is 50.9 cm³/mol. The Hall–Kier alpha value is -1.71. The van der Waals surface area contributed by atoms with Crippen LogP contribution in [0.5, 0.6) is 5.88 Å². The molecule has 2 N–H and O–H groups in total. The van der Waals surface area contributed by atoms with Crippen molar-refractivity contribution in [2.45, 2.75) is 6.92 Å². The van der Waals surface area contributed by atoms with E-state index in [4.69, 9.17) is 10.5 Å². The summed E-state index contributed by atoms with van der Waals surface area (Å²) >= 11 is 0. The number of fused-ring (bicyclic) bond motifs is 1. The first-order valence-corrected chi connectivity index (χ1v) is 4.00. The lowest BCUT2D eigenvalue weighted by molar-refractivity contribution is 0.390. The molecule has 4 nitrogen and oxygen atoms in total. The van der Waals surface area contributed by atoms with Crippen molar-refractivity contribution in [2.24, 2.45) is 0 Å². The first-order chi connectivity index (χ1) is 6.24. The van der Waals surface area contributed by atoms with Gasteiger partial charge in [-0.3, -0.25) is 0 Å². The molecule has 0 radical (unpaired) electrons. The number of nitrogen functional groups attached to an aromatic ring is 1. The van der Waals surface area contributed by atoms with Gasteiger partial charge in [0.2, 0.25) is 5.88 Å². The number of aryl methyl sites for hydroxylation is 1. The Labute approximate surface area is 76.0 Å². The maximum absolute atomic E-state index is 5.74. The van der Waals surface area contributed by atoms with Gasteiger partial charge in [0.25, 0.3) is 0 Å². The molecule has 2 aromatic heterocycles. The van der Waals surface area contributed by atoms with Crippen LogP contribution < -0.4 is 10.5 Å². The fourth-order valence-electron chi connectivity index (χ4n) is 1.42. The molecule has 0 saturated heterocycles. The molecule has 0 aliphatic carbocycles. The molecular weight excluding hydrogens is 166 g/mol. The average molecular weight is 177 g/mol. The number of hydrogen-bond acceptors (Lipinski definition) is 3. The largest absolute Gasteiger partial charge is 0.482 e. The third-order valence-electron chi connectivity index (χ3n) is 2.03. The number of imidazole rings is 1. The number of hydrogen-bond donors (Lipinski definition) is 1. The lowest BCUT2D eigenvalue weighted by Gasteiger charge is -2.07. The average Bonchev–Trinajstić information content (AvgIpc) is 2.49. The van der Waals surface area contributed by atoms with Gasteiger partial charge >= 0.3 is 0 Å². The van der Waals surface area contributed by atoms with E-state index in [2.05, 4.69) is 4.98 Å². The molecule has 4 heteroatoms. The van der Waals surface area contributed by atoms with Crippen LogP contribution in [-0.4, -0.2) is 16.5 Å². The molecule has 0 aromatic carbocycles. The third kappa shape index (κ3) is 1.02. The summed E-state index contributed by atoms with van der Waals surface area (Å²) < 4.78 is 7.03. The van der Waals surface area contributed by atoms with Crippen molar-refractivity contribution in [3.63, 3.8) is 0 Å². The van der Waals surface area contributed by atoms with Crippen LogP contribution in [0.2, 0.25) is 0 Å². The van der Waals surface area contributed by atoms with E-state index in [9.17, 15) is 0 Å². The van der Waals surface area contributed by atoms with E-state index >= 15 is 0 Å². The Kier molecular flexibility index (Phi) is 1.62. The van der Waals surface area contributed by atoms with Gasteiger partial charge < -0.3 is 10.5 Å². The zero-order chi connectivity index (χ0) is 9.42. The van der Waals surface area contributed by atoms with E-state index in [1.54, 1.807) is 17.7 Å². The van der Waals surface area contributed by atoms with Gasteiger partial charge in [0.1, 0.15) is 11.5 Å². The van der Waals surface area contributed by atoms with E-state index in [-0.39, 0.29) is 0 Å². The number of methoxy groups -OCH3 is 1. The second-order valence-electron chi connectivity index (χ2n) is 2.90. The van der Waals surface area contributed by atoms with Gasteiger partial charge in [-0.15, -0.1) is 0 Å². The highest BCUT2D eigenvalue weighted by atomic mass is 16.5. The number of pyridine rings is 1. The van der Waals surface area contributed by atoms with E-state index < -0.39 is 0 Å². The van der Waals surface area contributed by atoms with Crippen LogP contribution >= 0.6 is 0 Å². The Morgan fingerprint density at radius 2 is 2.23 bits per heavy atom. The topological polar surface area (TPSA) is 52.5 Å². The van der Waals surface area contributed by atoms with Gasteiger partial charge in [0.05, 0.1) is 13.3 Å². The maximum atomic E-state index is 5.74. The standard InChI is InChI=1S/C9H11N3O/c1-6-3-4-8-11-5-7(10)12(8)9(6)13-2/h3-5H,10H2,1-2H3. The summed E-state index contributed by atoms with van der Waals surface area (Å²) in [5.74, 6) is 1.34. The minimum absolute atomic E-state index is 0.593. The molecule has 2 rings (SSSR count). The summed E-state index contributed by atoms with van der Waals surface area (Å²) in [6, 6.07) is 3.87. The van der Waals surface area contributed by atoms with Crippen molar-refractivity contribution >= 4 is 11.5 Å². The van der Waals surface area contributed by atoms with Crippen molar-refractivity contribution < 1.29 is 4.74 Å². The van der Waals surface area contributed by atoms with Crippen molar-refractivity contribution in [2.75, 3.05) is 12.8 Å². The van der Waals surface area contributed by atoms with Gasteiger partial charge in [0, 0.05) is 5.56 Å². The van der Waals surface area contributed by atoms with Gasteiger partial charge in [-0.25, -0.2) is 9.38 Å². The highest BCUT2D eigenvalue weighted by Crippen LogP contribution is 2.22. The molecule has 0 aliphatic heterocycles. The van der Waals surface area contributed by atoms with E-state index in [0.29, 0.717) is 5.82 Å². The summed E-state index contributed by atoms with van der Waals surface area (Å²) in [6.45, 7) is 1.97. The fraction of sp³-hybridized carbons (Fsp3) is 0.222. The van der Waals surface area contributed by atoms with Crippen molar-refractivity contribution in [1.82, 2.24) is 9.38 Å². The summed E-state index contributed by atoms with van der Waals surface area (Å²) in [5, 5.41) is 0. The highest BCUT2D eigenvalue weighted by molar-refractivity contribution is 5.53. The molecular formula is C9H11N3O. The molecule has 2 aromatic rings. The van der Waals surface area contributed by atoms with Crippen LogP contribution in [-0.2, 0) is 0 Å². The van der Waals surface area contributed by atoms with Crippen molar-refractivity contribution in [1.29, 1.82) is 0 Å². The second-order valence-corrected chi connectivity index (χ2v) is 2.90. The monoisotopic (exact) mass is 177 g/mol. The summed E-state index contributed by atoms with van der Waals surface area (Å²) in [6.07, 6.45) is 1.62. The Morgan fingerprint density at radius 1 is 1.46 bits per heavy atom. The van der Waals surface area contributed by atoms with E-state index in [1.807, 2.05) is 19.1 Å². The van der Waals surface area contributed by atoms with Crippen LogP contribution in [0.3, 0.4) is 0 Å². The molecule has 0 saturated carbocycles.